The molecule has 0 saturated carbocycles. The zero-order chi connectivity index (χ0) is 11.3. The predicted octanol–water partition coefficient (Wildman–Crippen LogP) is 2.11. The van der Waals surface area contributed by atoms with Crippen molar-refractivity contribution in [2.75, 3.05) is 6.54 Å². The Morgan fingerprint density at radius 2 is 2.33 bits per heavy atom. The van der Waals surface area contributed by atoms with Crippen molar-refractivity contribution in [2.24, 2.45) is 5.92 Å². The van der Waals surface area contributed by atoms with Crippen molar-refractivity contribution in [3.63, 3.8) is 0 Å². The third-order valence-corrected chi connectivity index (χ3v) is 2.97. The number of ether oxygens (including phenoxy) is 1. The fraction of sp³-hybridized carbons (Fsp3) is 0.917. The summed E-state index contributed by atoms with van der Waals surface area (Å²) in [7, 11) is 0. The van der Waals surface area contributed by atoms with E-state index in [0.29, 0.717) is 6.04 Å². The Kier molecular flexibility index (Phi) is 5.09. The lowest BCUT2D eigenvalue weighted by atomic mass is 9.93. The van der Waals surface area contributed by atoms with Crippen LogP contribution in [0.15, 0.2) is 0 Å². The molecular weight excluding hydrogens is 190 g/mol. The first-order chi connectivity index (χ1) is 7.13. The molecule has 15 heavy (non-hydrogen) atoms. The summed E-state index contributed by atoms with van der Waals surface area (Å²) >= 11 is 0. The standard InChI is InChI=1S/C12H23NO2/c1-4-5-10(3)15-12(14)11-6-7-13-9(2)8-11/h9-11,13H,4-8H2,1-3H3. The second-order valence-corrected chi connectivity index (χ2v) is 4.61. The normalized spacial score (nSPS) is 28.5. The van der Waals surface area contributed by atoms with Gasteiger partial charge in [-0.25, -0.2) is 0 Å². The van der Waals surface area contributed by atoms with Crippen molar-refractivity contribution < 1.29 is 9.53 Å². The van der Waals surface area contributed by atoms with Crippen LogP contribution >= 0.6 is 0 Å². The molecule has 0 aromatic heterocycles. The van der Waals surface area contributed by atoms with Gasteiger partial charge in [0, 0.05) is 6.04 Å². The monoisotopic (exact) mass is 213 g/mol. The van der Waals surface area contributed by atoms with Crippen LogP contribution in [-0.2, 0) is 9.53 Å². The third-order valence-electron chi connectivity index (χ3n) is 2.97. The Hall–Kier alpha value is -0.570. The average Bonchev–Trinajstić information content (AvgIpc) is 2.18. The minimum absolute atomic E-state index is 0.00398. The molecule has 1 heterocycles. The fourth-order valence-corrected chi connectivity index (χ4v) is 2.11. The van der Waals surface area contributed by atoms with Gasteiger partial charge in [-0.3, -0.25) is 4.79 Å². The zero-order valence-corrected chi connectivity index (χ0v) is 10.1. The third kappa shape index (κ3) is 4.20. The van der Waals surface area contributed by atoms with E-state index in [1.165, 1.54) is 0 Å². The van der Waals surface area contributed by atoms with Crippen LogP contribution in [0, 0.1) is 5.92 Å². The molecule has 1 aliphatic heterocycles. The van der Waals surface area contributed by atoms with Gasteiger partial charge in [0.1, 0.15) is 0 Å². The van der Waals surface area contributed by atoms with Crippen molar-refractivity contribution in [3.05, 3.63) is 0 Å². The first kappa shape index (κ1) is 12.5. The Morgan fingerprint density at radius 1 is 1.60 bits per heavy atom. The van der Waals surface area contributed by atoms with E-state index in [1.807, 2.05) is 6.92 Å². The second-order valence-electron chi connectivity index (χ2n) is 4.61. The molecule has 3 unspecified atom stereocenters. The summed E-state index contributed by atoms with van der Waals surface area (Å²) in [5.74, 6) is 0.116. The van der Waals surface area contributed by atoms with Crippen LogP contribution in [0.25, 0.3) is 0 Å². The van der Waals surface area contributed by atoms with Gasteiger partial charge >= 0.3 is 5.97 Å². The number of piperidine rings is 1. The number of carbonyl (C=O) groups is 1. The highest BCUT2D eigenvalue weighted by atomic mass is 16.5. The summed E-state index contributed by atoms with van der Waals surface area (Å²) < 4.78 is 5.41. The van der Waals surface area contributed by atoms with E-state index >= 15 is 0 Å². The summed E-state index contributed by atoms with van der Waals surface area (Å²) in [4.78, 5) is 11.8. The second kappa shape index (κ2) is 6.11. The van der Waals surface area contributed by atoms with E-state index in [1.54, 1.807) is 0 Å². The molecule has 0 aromatic rings. The number of hydrogen-bond donors (Lipinski definition) is 1. The first-order valence-corrected chi connectivity index (χ1v) is 6.07. The number of esters is 1. The molecule has 1 saturated heterocycles. The lowest BCUT2D eigenvalue weighted by molar-refractivity contribution is -0.154. The molecule has 0 spiro atoms. The maximum atomic E-state index is 11.8. The zero-order valence-electron chi connectivity index (χ0n) is 10.1. The van der Waals surface area contributed by atoms with E-state index in [4.69, 9.17) is 4.74 Å². The van der Waals surface area contributed by atoms with Crippen LogP contribution in [0.2, 0.25) is 0 Å². The SMILES string of the molecule is CCCC(C)OC(=O)C1CCNC(C)C1. The highest BCUT2D eigenvalue weighted by Gasteiger charge is 2.26. The Labute approximate surface area is 92.6 Å². The van der Waals surface area contributed by atoms with Gasteiger partial charge in [-0.15, -0.1) is 0 Å². The number of rotatable bonds is 4. The molecule has 0 aromatic carbocycles. The Morgan fingerprint density at radius 3 is 2.93 bits per heavy atom. The van der Waals surface area contributed by atoms with E-state index < -0.39 is 0 Å². The highest BCUT2D eigenvalue weighted by molar-refractivity contribution is 5.72. The summed E-state index contributed by atoms with van der Waals surface area (Å²) in [5, 5.41) is 3.34. The van der Waals surface area contributed by atoms with Gasteiger partial charge in [0.2, 0.25) is 0 Å². The molecule has 3 nitrogen and oxygen atoms in total. The molecule has 0 bridgehead atoms. The van der Waals surface area contributed by atoms with Crippen LogP contribution in [0.5, 0.6) is 0 Å². The van der Waals surface area contributed by atoms with Crippen LogP contribution < -0.4 is 5.32 Å². The van der Waals surface area contributed by atoms with E-state index in [2.05, 4.69) is 19.2 Å². The number of hydrogen-bond acceptors (Lipinski definition) is 3. The first-order valence-electron chi connectivity index (χ1n) is 6.07. The molecule has 1 N–H and O–H groups in total. The molecule has 0 aliphatic carbocycles. The van der Waals surface area contributed by atoms with Crippen LogP contribution in [0.1, 0.15) is 46.5 Å². The van der Waals surface area contributed by atoms with E-state index in [0.717, 1.165) is 32.2 Å². The van der Waals surface area contributed by atoms with Gasteiger partial charge in [-0.2, -0.15) is 0 Å². The van der Waals surface area contributed by atoms with Crippen molar-refractivity contribution in [3.8, 4) is 0 Å². The van der Waals surface area contributed by atoms with E-state index in [9.17, 15) is 4.79 Å². The van der Waals surface area contributed by atoms with Gasteiger partial charge in [0.25, 0.3) is 0 Å². The highest BCUT2D eigenvalue weighted by Crippen LogP contribution is 2.18. The van der Waals surface area contributed by atoms with Gasteiger partial charge in [-0.05, 0) is 39.7 Å². The maximum absolute atomic E-state index is 11.8. The molecule has 3 heteroatoms. The molecule has 1 fully saturated rings. The summed E-state index contributed by atoms with van der Waals surface area (Å²) in [6, 6.07) is 0.442. The molecule has 88 valence electrons. The smallest absolute Gasteiger partial charge is 0.309 e. The molecule has 0 amide bonds. The summed E-state index contributed by atoms with van der Waals surface area (Å²) in [5.41, 5.74) is 0. The van der Waals surface area contributed by atoms with Gasteiger partial charge in [0.05, 0.1) is 12.0 Å². The average molecular weight is 213 g/mol. The van der Waals surface area contributed by atoms with Crippen molar-refractivity contribution in [2.45, 2.75) is 58.6 Å². The van der Waals surface area contributed by atoms with Gasteiger partial charge in [-0.1, -0.05) is 13.3 Å². The van der Waals surface area contributed by atoms with Gasteiger partial charge in [0.15, 0.2) is 0 Å². The minimum atomic E-state index is 0.00398. The van der Waals surface area contributed by atoms with Gasteiger partial charge < -0.3 is 10.1 Å². The van der Waals surface area contributed by atoms with Crippen molar-refractivity contribution in [1.82, 2.24) is 5.32 Å². The quantitative estimate of drug-likeness (QED) is 0.727. The van der Waals surface area contributed by atoms with Crippen LogP contribution in [-0.4, -0.2) is 24.7 Å². The lowest BCUT2D eigenvalue weighted by Crippen LogP contribution is -2.39. The summed E-state index contributed by atoms with van der Waals surface area (Å²) in [6.45, 7) is 7.14. The Balaban J connectivity index is 2.32. The lowest BCUT2D eigenvalue weighted by Gasteiger charge is -2.27. The van der Waals surface area contributed by atoms with Crippen molar-refractivity contribution >= 4 is 5.97 Å². The van der Waals surface area contributed by atoms with Crippen LogP contribution in [0.4, 0.5) is 0 Å². The molecule has 0 radical (unpaired) electrons. The minimum Gasteiger partial charge on any atom is -0.462 e. The molecule has 3 atom stereocenters. The predicted molar refractivity (Wildman–Crippen MR) is 60.7 cm³/mol. The van der Waals surface area contributed by atoms with E-state index in [-0.39, 0.29) is 18.0 Å². The van der Waals surface area contributed by atoms with Crippen LogP contribution in [0.3, 0.4) is 0 Å². The van der Waals surface area contributed by atoms with Crippen molar-refractivity contribution in [1.29, 1.82) is 0 Å². The topological polar surface area (TPSA) is 38.3 Å². The number of carbonyl (C=O) groups excluding carboxylic acids is 1. The molecular formula is C12H23NO2. The molecule has 1 rings (SSSR count). The largest absolute Gasteiger partial charge is 0.462 e. The molecule has 1 aliphatic rings. The maximum Gasteiger partial charge on any atom is 0.309 e. The summed E-state index contributed by atoms with van der Waals surface area (Å²) in [6.07, 6.45) is 3.94. The fourth-order valence-electron chi connectivity index (χ4n) is 2.11. The Bertz CT molecular complexity index is 206. The number of nitrogens with one attached hydrogen (secondary N) is 1.